The van der Waals surface area contributed by atoms with E-state index in [-0.39, 0.29) is 12.1 Å². The molecule has 0 aromatic heterocycles. The van der Waals surface area contributed by atoms with E-state index in [0.717, 1.165) is 38.2 Å². The van der Waals surface area contributed by atoms with Gasteiger partial charge in [-0.25, -0.2) is 0 Å². The highest BCUT2D eigenvalue weighted by Crippen LogP contribution is 2.33. The molecule has 112 valence electrons. The van der Waals surface area contributed by atoms with Gasteiger partial charge in [-0.05, 0) is 45.7 Å². The summed E-state index contributed by atoms with van der Waals surface area (Å²) in [7, 11) is 0. The lowest BCUT2D eigenvalue weighted by Crippen LogP contribution is -2.32. The van der Waals surface area contributed by atoms with Crippen molar-refractivity contribution in [3.63, 3.8) is 0 Å². The third kappa shape index (κ3) is 3.74. The van der Waals surface area contributed by atoms with Gasteiger partial charge in [0, 0.05) is 12.2 Å². The maximum atomic E-state index is 5.92. The van der Waals surface area contributed by atoms with Crippen LogP contribution in [0.25, 0.3) is 0 Å². The van der Waals surface area contributed by atoms with Gasteiger partial charge in [0.2, 0.25) is 0 Å². The van der Waals surface area contributed by atoms with Crippen molar-refractivity contribution in [2.45, 2.75) is 52.2 Å². The number of ether oxygens (including phenoxy) is 2. The molecule has 2 unspecified atom stereocenters. The molecule has 0 saturated carbocycles. The molecule has 1 aliphatic heterocycles. The summed E-state index contributed by atoms with van der Waals surface area (Å²) >= 11 is 0. The van der Waals surface area contributed by atoms with Crippen LogP contribution >= 0.6 is 0 Å². The summed E-state index contributed by atoms with van der Waals surface area (Å²) in [5.74, 6) is 0.988. The Labute approximate surface area is 122 Å². The number of hydrogen-bond acceptors (Lipinski definition) is 3. The molecule has 1 aromatic carbocycles. The Morgan fingerprint density at radius 2 is 2.25 bits per heavy atom. The van der Waals surface area contributed by atoms with Crippen LogP contribution < -0.4 is 10.1 Å². The van der Waals surface area contributed by atoms with Crippen molar-refractivity contribution < 1.29 is 9.47 Å². The fourth-order valence-corrected chi connectivity index (χ4v) is 2.80. The number of nitrogens with one attached hydrogen (secondary N) is 1. The van der Waals surface area contributed by atoms with Gasteiger partial charge in [-0.2, -0.15) is 0 Å². The molecule has 3 nitrogen and oxygen atoms in total. The molecule has 3 heteroatoms. The average molecular weight is 277 g/mol. The number of hydrogen-bond donors (Lipinski definition) is 1. The summed E-state index contributed by atoms with van der Waals surface area (Å²) in [6.45, 7) is 8.94. The molecule has 1 heterocycles. The lowest BCUT2D eigenvalue weighted by Gasteiger charge is -2.27. The third-order valence-electron chi connectivity index (χ3n) is 3.75. The first kappa shape index (κ1) is 15.3. The van der Waals surface area contributed by atoms with Crippen LogP contribution in [-0.4, -0.2) is 25.9 Å². The van der Waals surface area contributed by atoms with Gasteiger partial charge < -0.3 is 14.8 Å². The molecule has 1 fully saturated rings. The van der Waals surface area contributed by atoms with Crippen molar-refractivity contribution in [3.05, 3.63) is 29.3 Å². The maximum absolute atomic E-state index is 5.92. The first-order valence-electron chi connectivity index (χ1n) is 7.84. The molecular weight excluding hydrogens is 250 g/mol. The van der Waals surface area contributed by atoms with Gasteiger partial charge in [-0.3, -0.25) is 0 Å². The van der Waals surface area contributed by atoms with Crippen LogP contribution in [0.2, 0.25) is 0 Å². The van der Waals surface area contributed by atoms with E-state index >= 15 is 0 Å². The SMILES string of the molecule is CCCNC(c1cc(C)ccc1OCC)C1CCCO1. The average Bonchev–Trinajstić information content (AvgIpc) is 2.96. The Balaban J connectivity index is 2.27. The minimum Gasteiger partial charge on any atom is -0.494 e. The van der Waals surface area contributed by atoms with Crippen molar-refractivity contribution in [2.24, 2.45) is 0 Å². The second-order valence-corrected chi connectivity index (χ2v) is 5.46. The Bertz CT molecular complexity index is 413. The molecule has 1 saturated heterocycles. The summed E-state index contributed by atoms with van der Waals surface area (Å²) in [5.41, 5.74) is 2.51. The molecule has 0 spiro atoms. The second kappa shape index (κ2) is 7.65. The van der Waals surface area contributed by atoms with E-state index in [1.165, 1.54) is 11.1 Å². The first-order valence-corrected chi connectivity index (χ1v) is 7.84. The smallest absolute Gasteiger partial charge is 0.124 e. The van der Waals surface area contributed by atoms with E-state index in [2.05, 4.69) is 37.4 Å². The zero-order valence-electron chi connectivity index (χ0n) is 12.9. The Morgan fingerprint density at radius 1 is 1.40 bits per heavy atom. The van der Waals surface area contributed by atoms with Gasteiger partial charge in [0.25, 0.3) is 0 Å². The minimum atomic E-state index is 0.235. The normalized spacial score (nSPS) is 20.1. The Morgan fingerprint density at radius 3 is 2.90 bits per heavy atom. The Hall–Kier alpha value is -1.06. The predicted molar refractivity (Wildman–Crippen MR) is 82.4 cm³/mol. The standard InChI is InChI=1S/C17H27NO2/c1-4-10-18-17(16-7-6-11-20-16)14-12-13(3)8-9-15(14)19-5-2/h8-9,12,16-18H,4-7,10-11H2,1-3H3. The summed E-state index contributed by atoms with van der Waals surface area (Å²) < 4.78 is 11.7. The van der Waals surface area contributed by atoms with Gasteiger partial charge in [0.1, 0.15) is 5.75 Å². The molecule has 0 aliphatic carbocycles. The van der Waals surface area contributed by atoms with Crippen molar-refractivity contribution in [3.8, 4) is 5.75 Å². The molecule has 0 radical (unpaired) electrons. The summed E-state index contributed by atoms with van der Waals surface area (Å²) in [4.78, 5) is 0. The fraction of sp³-hybridized carbons (Fsp3) is 0.647. The zero-order valence-corrected chi connectivity index (χ0v) is 12.9. The number of aryl methyl sites for hydroxylation is 1. The molecule has 0 amide bonds. The first-order chi connectivity index (χ1) is 9.76. The maximum Gasteiger partial charge on any atom is 0.124 e. The molecule has 1 aromatic rings. The van der Waals surface area contributed by atoms with Crippen LogP contribution in [0.5, 0.6) is 5.75 Å². The molecule has 2 atom stereocenters. The summed E-state index contributed by atoms with van der Waals surface area (Å²) in [6.07, 6.45) is 3.67. The predicted octanol–water partition coefficient (Wildman–Crippen LogP) is 3.61. The molecule has 1 aliphatic rings. The molecular formula is C17H27NO2. The van der Waals surface area contributed by atoms with Crippen molar-refractivity contribution >= 4 is 0 Å². The van der Waals surface area contributed by atoms with Crippen molar-refractivity contribution in [1.29, 1.82) is 0 Å². The fourth-order valence-electron chi connectivity index (χ4n) is 2.80. The van der Waals surface area contributed by atoms with E-state index in [1.807, 2.05) is 6.92 Å². The highest BCUT2D eigenvalue weighted by Gasteiger charge is 2.29. The topological polar surface area (TPSA) is 30.5 Å². The molecule has 2 rings (SSSR count). The van der Waals surface area contributed by atoms with Crippen molar-refractivity contribution in [2.75, 3.05) is 19.8 Å². The van der Waals surface area contributed by atoms with Crippen LogP contribution in [0.15, 0.2) is 18.2 Å². The second-order valence-electron chi connectivity index (χ2n) is 5.46. The Kier molecular flexibility index (Phi) is 5.86. The largest absolute Gasteiger partial charge is 0.494 e. The number of rotatable bonds is 7. The van der Waals surface area contributed by atoms with E-state index in [0.29, 0.717) is 6.61 Å². The van der Waals surface area contributed by atoms with Gasteiger partial charge in [-0.15, -0.1) is 0 Å². The van der Waals surface area contributed by atoms with E-state index in [4.69, 9.17) is 9.47 Å². The molecule has 20 heavy (non-hydrogen) atoms. The van der Waals surface area contributed by atoms with Gasteiger partial charge in [-0.1, -0.05) is 24.6 Å². The summed E-state index contributed by atoms with van der Waals surface area (Å²) in [6, 6.07) is 6.67. The highest BCUT2D eigenvalue weighted by atomic mass is 16.5. The van der Waals surface area contributed by atoms with E-state index < -0.39 is 0 Å². The third-order valence-corrected chi connectivity index (χ3v) is 3.75. The number of benzene rings is 1. The summed E-state index contributed by atoms with van der Waals surface area (Å²) in [5, 5.41) is 3.65. The van der Waals surface area contributed by atoms with Crippen LogP contribution in [0.1, 0.15) is 50.3 Å². The van der Waals surface area contributed by atoms with Gasteiger partial charge in [0.05, 0.1) is 18.8 Å². The van der Waals surface area contributed by atoms with Crippen LogP contribution in [0.3, 0.4) is 0 Å². The van der Waals surface area contributed by atoms with Crippen LogP contribution in [-0.2, 0) is 4.74 Å². The molecule has 0 bridgehead atoms. The van der Waals surface area contributed by atoms with Crippen molar-refractivity contribution in [1.82, 2.24) is 5.32 Å². The van der Waals surface area contributed by atoms with Crippen LogP contribution in [0.4, 0.5) is 0 Å². The van der Waals surface area contributed by atoms with E-state index in [1.54, 1.807) is 0 Å². The monoisotopic (exact) mass is 277 g/mol. The van der Waals surface area contributed by atoms with E-state index in [9.17, 15) is 0 Å². The van der Waals surface area contributed by atoms with Gasteiger partial charge >= 0.3 is 0 Å². The lowest BCUT2D eigenvalue weighted by molar-refractivity contribution is 0.0772. The van der Waals surface area contributed by atoms with Gasteiger partial charge in [0.15, 0.2) is 0 Å². The minimum absolute atomic E-state index is 0.235. The molecule has 1 N–H and O–H groups in total. The quantitative estimate of drug-likeness (QED) is 0.826. The zero-order chi connectivity index (χ0) is 14.4. The highest BCUT2D eigenvalue weighted by molar-refractivity contribution is 5.40. The lowest BCUT2D eigenvalue weighted by atomic mass is 9.96. The van der Waals surface area contributed by atoms with Crippen LogP contribution in [0, 0.1) is 6.92 Å².